The normalized spacial score (nSPS) is 18.3. The molecule has 1 aliphatic rings. The van der Waals surface area contributed by atoms with Crippen molar-refractivity contribution in [2.75, 3.05) is 0 Å². The van der Waals surface area contributed by atoms with Gasteiger partial charge in [0.05, 0.1) is 5.39 Å². The molecule has 0 saturated carbocycles. The van der Waals surface area contributed by atoms with Crippen LogP contribution >= 0.6 is 11.3 Å². The highest BCUT2D eigenvalue weighted by Crippen LogP contribution is 2.38. The molecule has 0 saturated heterocycles. The van der Waals surface area contributed by atoms with E-state index in [4.69, 9.17) is 5.11 Å². The maximum Gasteiger partial charge on any atom is 0.328 e. The molecule has 0 spiro atoms. The number of aromatic nitrogens is 4. The highest BCUT2D eigenvalue weighted by molar-refractivity contribution is 7.19. The summed E-state index contributed by atoms with van der Waals surface area (Å²) < 4.78 is 1.64. The monoisotopic (exact) mass is 314 g/mol. The number of aryl methyl sites for hydroxylation is 1. The van der Waals surface area contributed by atoms with Crippen LogP contribution in [-0.2, 0) is 17.6 Å². The van der Waals surface area contributed by atoms with Crippen molar-refractivity contribution >= 4 is 39.2 Å². The molecule has 3 heterocycles. The van der Waals surface area contributed by atoms with Gasteiger partial charge in [-0.15, -0.1) is 16.4 Å². The Balaban J connectivity index is 1.94. The van der Waals surface area contributed by atoms with Gasteiger partial charge in [0.25, 0.3) is 0 Å². The molecule has 1 atom stereocenters. The quantitative estimate of drug-likeness (QED) is 0.735. The summed E-state index contributed by atoms with van der Waals surface area (Å²) in [4.78, 5) is 22.0. The zero-order valence-corrected chi connectivity index (χ0v) is 12.8. The maximum absolute atomic E-state index is 10.6. The molecule has 0 aliphatic heterocycles. The average Bonchev–Trinajstić information content (AvgIpc) is 3.04. The van der Waals surface area contributed by atoms with Crippen LogP contribution in [-0.4, -0.2) is 30.7 Å². The minimum absolute atomic E-state index is 0.389. The Labute approximate surface area is 130 Å². The second kappa shape index (κ2) is 4.88. The van der Waals surface area contributed by atoms with Crippen molar-refractivity contribution in [3.8, 4) is 0 Å². The van der Waals surface area contributed by atoms with Gasteiger partial charge in [-0.05, 0) is 36.8 Å². The van der Waals surface area contributed by atoms with Crippen LogP contribution in [0.1, 0.15) is 29.6 Å². The van der Waals surface area contributed by atoms with Gasteiger partial charge in [0.1, 0.15) is 11.2 Å². The lowest BCUT2D eigenvalue weighted by Crippen LogP contribution is -2.09. The van der Waals surface area contributed by atoms with Crippen LogP contribution in [0, 0.1) is 5.92 Å². The Bertz CT molecular complexity index is 925. The molecule has 1 N–H and O–H groups in total. The van der Waals surface area contributed by atoms with Crippen molar-refractivity contribution in [1.29, 1.82) is 0 Å². The zero-order chi connectivity index (χ0) is 15.3. The molecule has 22 heavy (non-hydrogen) atoms. The van der Waals surface area contributed by atoms with Crippen LogP contribution in [0.15, 0.2) is 12.4 Å². The second-order valence-corrected chi connectivity index (χ2v) is 6.77. The van der Waals surface area contributed by atoms with E-state index in [1.54, 1.807) is 22.2 Å². The van der Waals surface area contributed by atoms with Crippen molar-refractivity contribution in [3.63, 3.8) is 0 Å². The van der Waals surface area contributed by atoms with Crippen molar-refractivity contribution < 1.29 is 9.90 Å². The van der Waals surface area contributed by atoms with Crippen LogP contribution in [0.4, 0.5) is 0 Å². The summed E-state index contributed by atoms with van der Waals surface area (Å²) >= 11 is 1.74. The lowest BCUT2D eigenvalue weighted by atomic mass is 9.89. The molecule has 3 aromatic heterocycles. The third-order valence-corrected chi connectivity index (χ3v) is 5.22. The van der Waals surface area contributed by atoms with Gasteiger partial charge in [0, 0.05) is 11.0 Å². The number of hydrogen-bond acceptors (Lipinski definition) is 5. The third-order valence-electron chi connectivity index (χ3n) is 4.02. The number of carbonyl (C=O) groups is 1. The summed E-state index contributed by atoms with van der Waals surface area (Å²) in [7, 11) is 0. The van der Waals surface area contributed by atoms with Crippen LogP contribution < -0.4 is 0 Å². The summed E-state index contributed by atoms with van der Waals surface area (Å²) in [6, 6.07) is 0. The van der Waals surface area contributed by atoms with Gasteiger partial charge in [-0.1, -0.05) is 6.92 Å². The molecule has 0 aromatic carbocycles. The molecule has 7 heteroatoms. The number of carboxylic acids is 1. The van der Waals surface area contributed by atoms with Crippen molar-refractivity contribution in [1.82, 2.24) is 19.6 Å². The number of carboxylic acid groups (broad SMARTS) is 1. The average molecular weight is 314 g/mol. The van der Waals surface area contributed by atoms with Gasteiger partial charge in [0.2, 0.25) is 0 Å². The van der Waals surface area contributed by atoms with E-state index in [0.717, 1.165) is 34.8 Å². The summed E-state index contributed by atoms with van der Waals surface area (Å²) in [5.74, 6) is 0.0456. The van der Waals surface area contributed by atoms with Crippen molar-refractivity contribution in [2.24, 2.45) is 5.92 Å². The lowest BCUT2D eigenvalue weighted by molar-refractivity contribution is -0.131. The molecule has 112 valence electrons. The minimum Gasteiger partial charge on any atom is -0.478 e. The highest BCUT2D eigenvalue weighted by Gasteiger charge is 2.23. The molecule has 1 aliphatic carbocycles. The standard InChI is InChI=1S/C15H14N4O2S/c1-8-2-3-10-9(6-8)13-14-17-11(4-5-12(20)21)18-19(14)7-16-15(13)22-10/h4-5,7-8H,2-3,6H2,1H3,(H,20,21)/b5-4-/t8-/m1/s1. The fraction of sp³-hybridized carbons (Fsp3) is 0.333. The van der Waals surface area contributed by atoms with E-state index in [2.05, 4.69) is 22.0 Å². The van der Waals surface area contributed by atoms with E-state index in [1.165, 1.54) is 22.9 Å². The molecule has 0 bridgehead atoms. The van der Waals surface area contributed by atoms with Crippen molar-refractivity contribution in [2.45, 2.75) is 26.2 Å². The van der Waals surface area contributed by atoms with Gasteiger partial charge in [-0.2, -0.15) is 0 Å². The van der Waals surface area contributed by atoms with E-state index in [1.807, 2.05) is 0 Å². The predicted molar refractivity (Wildman–Crippen MR) is 84.0 cm³/mol. The number of aliphatic carboxylic acids is 1. The SMILES string of the molecule is C[C@@H]1CCc2sc3ncn4nc(/C=C\C(=O)O)nc4c3c2C1. The summed E-state index contributed by atoms with van der Waals surface area (Å²) in [5, 5.41) is 14.1. The Kier molecular flexibility index (Phi) is 2.97. The van der Waals surface area contributed by atoms with E-state index in [-0.39, 0.29) is 0 Å². The minimum atomic E-state index is -1.01. The van der Waals surface area contributed by atoms with Gasteiger partial charge in [-0.3, -0.25) is 0 Å². The fourth-order valence-corrected chi connectivity index (χ4v) is 4.16. The summed E-state index contributed by atoms with van der Waals surface area (Å²) in [6.07, 6.45) is 7.46. The van der Waals surface area contributed by atoms with Gasteiger partial charge in [-0.25, -0.2) is 19.3 Å². The Morgan fingerprint density at radius 1 is 1.55 bits per heavy atom. The largest absolute Gasteiger partial charge is 0.478 e. The van der Waals surface area contributed by atoms with E-state index >= 15 is 0 Å². The summed E-state index contributed by atoms with van der Waals surface area (Å²) in [6.45, 7) is 2.27. The number of fused-ring (bicyclic) bond motifs is 5. The Hall–Kier alpha value is -2.28. The van der Waals surface area contributed by atoms with E-state index in [0.29, 0.717) is 11.7 Å². The number of hydrogen-bond donors (Lipinski definition) is 1. The Morgan fingerprint density at radius 3 is 3.23 bits per heavy atom. The van der Waals surface area contributed by atoms with E-state index < -0.39 is 5.97 Å². The van der Waals surface area contributed by atoms with Gasteiger partial charge in [0.15, 0.2) is 11.5 Å². The van der Waals surface area contributed by atoms with Crippen LogP contribution in [0.5, 0.6) is 0 Å². The van der Waals surface area contributed by atoms with Crippen LogP contribution in [0.25, 0.3) is 21.9 Å². The van der Waals surface area contributed by atoms with Gasteiger partial charge >= 0.3 is 5.97 Å². The van der Waals surface area contributed by atoms with Gasteiger partial charge < -0.3 is 5.11 Å². The molecule has 0 unspecified atom stereocenters. The predicted octanol–water partition coefficient (Wildman–Crippen LogP) is 2.56. The number of thiophene rings is 1. The third kappa shape index (κ3) is 2.09. The zero-order valence-electron chi connectivity index (χ0n) is 12.0. The first kappa shape index (κ1) is 13.4. The first-order valence-corrected chi connectivity index (χ1v) is 8.00. The lowest BCUT2D eigenvalue weighted by Gasteiger charge is -2.17. The smallest absolute Gasteiger partial charge is 0.328 e. The first-order chi connectivity index (χ1) is 10.6. The molecule has 0 amide bonds. The number of nitrogens with zero attached hydrogens (tertiary/aromatic N) is 4. The molecule has 0 radical (unpaired) electrons. The highest BCUT2D eigenvalue weighted by atomic mass is 32.1. The topological polar surface area (TPSA) is 80.4 Å². The molecular formula is C15H14N4O2S. The van der Waals surface area contributed by atoms with Crippen molar-refractivity contribution in [3.05, 3.63) is 28.7 Å². The van der Waals surface area contributed by atoms with Crippen LogP contribution in [0.3, 0.4) is 0 Å². The second-order valence-electron chi connectivity index (χ2n) is 5.69. The van der Waals surface area contributed by atoms with Crippen LogP contribution in [0.2, 0.25) is 0 Å². The Morgan fingerprint density at radius 2 is 2.41 bits per heavy atom. The first-order valence-electron chi connectivity index (χ1n) is 7.18. The number of rotatable bonds is 2. The molecule has 3 aromatic rings. The molecular weight excluding hydrogens is 300 g/mol. The maximum atomic E-state index is 10.6. The fourth-order valence-electron chi connectivity index (χ4n) is 2.98. The molecule has 4 rings (SSSR count). The molecule has 0 fully saturated rings. The molecule has 6 nitrogen and oxygen atoms in total. The summed E-state index contributed by atoms with van der Waals surface area (Å²) in [5.41, 5.74) is 2.11. The van der Waals surface area contributed by atoms with E-state index in [9.17, 15) is 4.79 Å².